The summed E-state index contributed by atoms with van der Waals surface area (Å²) >= 11 is 0. The van der Waals surface area contributed by atoms with Gasteiger partial charge in [0.25, 0.3) is 0 Å². The second-order valence-corrected chi connectivity index (χ2v) is 6.03. The highest BCUT2D eigenvalue weighted by atomic mass is 32.2. The molecular weight excluding hydrogens is 172 g/mol. The largest absolute Gasteiger partial charge is 0.299 e. The van der Waals surface area contributed by atoms with E-state index in [2.05, 4.69) is 0 Å². The molecule has 1 fully saturated rings. The van der Waals surface area contributed by atoms with E-state index in [1.54, 1.807) is 0 Å². The summed E-state index contributed by atoms with van der Waals surface area (Å²) in [5.41, 5.74) is -0.265. The Morgan fingerprint density at radius 3 is 2.33 bits per heavy atom. The molecule has 3 heteroatoms. The summed E-state index contributed by atoms with van der Waals surface area (Å²) in [6.45, 7) is 5.78. The van der Waals surface area contributed by atoms with Gasteiger partial charge >= 0.3 is 0 Å². The van der Waals surface area contributed by atoms with Gasteiger partial charge in [0.1, 0.15) is 5.78 Å². The minimum atomic E-state index is -0.729. The molecule has 1 aliphatic rings. The average molecular weight is 188 g/mol. The molecule has 0 saturated carbocycles. The molecule has 0 aliphatic carbocycles. The van der Waals surface area contributed by atoms with E-state index in [0.717, 1.165) is 6.42 Å². The Hall–Kier alpha value is -0.180. The first-order valence-electron chi connectivity index (χ1n) is 4.30. The Labute approximate surface area is 76.2 Å². The van der Waals surface area contributed by atoms with E-state index in [9.17, 15) is 9.00 Å². The number of Topliss-reactive ketones (excluding diaryl/α,β-unsaturated/α-hetero) is 1. The van der Waals surface area contributed by atoms with E-state index in [4.69, 9.17) is 0 Å². The maximum atomic E-state index is 11.7. The fourth-order valence-electron chi connectivity index (χ4n) is 1.48. The summed E-state index contributed by atoms with van der Waals surface area (Å²) in [5, 5.41) is 0. The molecule has 0 aromatic heterocycles. The molecule has 0 spiro atoms. The molecule has 12 heavy (non-hydrogen) atoms. The van der Waals surface area contributed by atoms with Crippen molar-refractivity contribution < 1.29 is 9.00 Å². The molecule has 1 aliphatic heterocycles. The van der Waals surface area contributed by atoms with Gasteiger partial charge in [-0.1, -0.05) is 20.8 Å². The van der Waals surface area contributed by atoms with Crippen LogP contribution in [0.25, 0.3) is 0 Å². The van der Waals surface area contributed by atoms with Crippen LogP contribution in [-0.2, 0) is 15.6 Å². The third kappa shape index (κ3) is 2.16. The lowest BCUT2D eigenvalue weighted by Crippen LogP contribution is -2.28. The highest BCUT2D eigenvalue weighted by Crippen LogP contribution is 2.26. The first-order valence-corrected chi connectivity index (χ1v) is 5.79. The fourth-order valence-corrected chi connectivity index (χ4v) is 2.96. The quantitative estimate of drug-likeness (QED) is 0.623. The van der Waals surface area contributed by atoms with E-state index in [1.165, 1.54) is 0 Å². The Balaban J connectivity index is 2.61. The van der Waals surface area contributed by atoms with E-state index in [0.29, 0.717) is 11.5 Å². The van der Waals surface area contributed by atoms with Crippen molar-refractivity contribution in [2.24, 2.45) is 11.3 Å². The Kier molecular flexibility index (Phi) is 2.71. The molecular formula is C9H16O2S. The zero-order chi connectivity index (χ0) is 9.35. The molecule has 0 aromatic rings. The van der Waals surface area contributed by atoms with Crippen molar-refractivity contribution in [1.82, 2.24) is 0 Å². The smallest absolute Gasteiger partial charge is 0.142 e. The first kappa shape index (κ1) is 9.90. The Bertz CT molecular complexity index is 215. The second-order valence-electron chi connectivity index (χ2n) is 4.41. The summed E-state index contributed by atoms with van der Waals surface area (Å²) < 4.78 is 11.0. The van der Waals surface area contributed by atoms with Crippen molar-refractivity contribution >= 4 is 16.6 Å². The lowest BCUT2D eigenvalue weighted by atomic mass is 9.83. The van der Waals surface area contributed by atoms with Gasteiger partial charge in [0.15, 0.2) is 0 Å². The van der Waals surface area contributed by atoms with Crippen molar-refractivity contribution in [1.29, 1.82) is 0 Å². The van der Waals surface area contributed by atoms with Crippen LogP contribution in [-0.4, -0.2) is 21.5 Å². The number of hydrogen-bond donors (Lipinski definition) is 0. The molecule has 2 unspecified atom stereocenters. The lowest BCUT2D eigenvalue weighted by molar-refractivity contribution is -0.129. The van der Waals surface area contributed by atoms with Gasteiger partial charge in [-0.25, -0.2) is 0 Å². The van der Waals surface area contributed by atoms with Crippen LogP contribution >= 0.6 is 0 Å². The Morgan fingerprint density at radius 1 is 1.42 bits per heavy atom. The van der Waals surface area contributed by atoms with Gasteiger partial charge in [-0.15, -0.1) is 0 Å². The summed E-state index contributed by atoms with van der Waals surface area (Å²) in [4.78, 5) is 11.7. The SMILES string of the molecule is CC(C)(C)C(=O)C1CCS(=O)C1. The van der Waals surface area contributed by atoms with Gasteiger partial charge in [0.2, 0.25) is 0 Å². The van der Waals surface area contributed by atoms with Crippen molar-refractivity contribution in [2.75, 3.05) is 11.5 Å². The fraction of sp³-hybridized carbons (Fsp3) is 0.889. The topological polar surface area (TPSA) is 34.1 Å². The molecule has 0 bridgehead atoms. The molecule has 1 saturated heterocycles. The Morgan fingerprint density at radius 2 is 2.00 bits per heavy atom. The molecule has 1 rings (SSSR count). The van der Waals surface area contributed by atoms with Crippen LogP contribution in [0.1, 0.15) is 27.2 Å². The number of carbonyl (C=O) groups is 1. The third-order valence-electron chi connectivity index (χ3n) is 2.19. The van der Waals surface area contributed by atoms with Crippen LogP contribution in [0.2, 0.25) is 0 Å². The van der Waals surface area contributed by atoms with Crippen LogP contribution < -0.4 is 0 Å². The van der Waals surface area contributed by atoms with Crippen molar-refractivity contribution in [3.05, 3.63) is 0 Å². The van der Waals surface area contributed by atoms with Gasteiger partial charge in [-0.3, -0.25) is 9.00 Å². The molecule has 2 atom stereocenters. The second kappa shape index (κ2) is 3.29. The van der Waals surface area contributed by atoms with Crippen molar-refractivity contribution in [3.63, 3.8) is 0 Å². The van der Waals surface area contributed by atoms with Gasteiger partial charge in [-0.05, 0) is 6.42 Å². The molecule has 2 nitrogen and oxygen atoms in total. The number of carbonyl (C=O) groups excluding carboxylic acids is 1. The van der Waals surface area contributed by atoms with E-state index in [-0.39, 0.29) is 17.1 Å². The highest BCUT2D eigenvalue weighted by molar-refractivity contribution is 7.85. The van der Waals surface area contributed by atoms with E-state index >= 15 is 0 Å². The first-order chi connectivity index (χ1) is 5.41. The van der Waals surface area contributed by atoms with Crippen LogP contribution in [0.3, 0.4) is 0 Å². The monoisotopic (exact) mass is 188 g/mol. The molecule has 0 N–H and O–H groups in total. The van der Waals surface area contributed by atoms with Gasteiger partial charge in [-0.2, -0.15) is 0 Å². The predicted molar refractivity (Wildman–Crippen MR) is 50.4 cm³/mol. The summed E-state index contributed by atoms with van der Waals surface area (Å²) in [6.07, 6.45) is 0.822. The molecule has 1 heterocycles. The van der Waals surface area contributed by atoms with Crippen molar-refractivity contribution in [3.8, 4) is 0 Å². The minimum Gasteiger partial charge on any atom is -0.299 e. The lowest BCUT2D eigenvalue weighted by Gasteiger charge is -2.20. The maximum Gasteiger partial charge on any atom is 0.142 e. The number of rotatable bonds is 1. The van der Waals surface area contributed by atoms with Gasteiger partial charge in [0.05, 0.1) is 0 Å². The average Bonchev–Trinajstić information content (AvgIpc) is 2.32. The van der Waals surface area contributed by atoms with Gasteiger partial charge < -0.3 is 0 Å². The highest BCUT2D eigenvalue weighted by Gasteiger charge is 2.33. The zero-order valence-electron chi connectivity index (χ0n) is 7.92. The van der Waals surface area contributed by atoms with Crippen LogP contribution in [0.4, 0.5) is 0 Å². The minimum absolute atomic E-state index is 0.0610. The summed E-state index contributed by atoms with van der Waals surface area (Å²) in [7, 11) is -0.729. The summed E-state index contributed by atoms with van der Waals surface area (Å²) in [5.74, 6) is 1.64. The standard InChI is InChI=1S/C9H16O2S/c1-9(2,3)8(10)7-4-5-12(11)6-7/h7H,4-6H2,1-3H3. The molecule has 0 aromatic carbocycles. The normalized spacial score (nSPS) is 30.6. The zero-order valence-corrected chi connectivity index (χ0v) is 8.74. The molecule has 70 valence electrons. The van der Waals surface area contributed by atoms with Crippen LogP contribution in [0.15, 0.2) is 0 Å². The van der Waals surface area contributed by atoms with Crippen LogP contribution in [0.5, 0.6) is 0 Å². The molecule has 0 radical (unpaired) electrons. The van der Waals surface area contributed by atoms with E-state index < -0.39 is 10.8 Å². The predicted octanol–water partition coefficient (Wildman–Crippen LogP) is 1.37. The van der Waals surface area contributed by atoms with Gasteiger partial charge in [0, 0.05) is 33.6 Å². The number of hydrogen-bond acceptors (Lipinski definition) is 2. The van der Waals surface area contributed by atoms with Crippen molar-refractivity contribution in [2.45, 2.75) is 27.2 Å². The van der Waals surface area contributed by atoms with E-state index in [1.807, 2.05) is 20.8 Å². The van der Waals surface area contributed by atoms with Crippen LogP contribution in [0, 0.1) is 11.3 Å². The third-order valence-corrected chi connectivity index (χ3v) is 3.66. The summed E-state index contributed by atoms with van der Waals surface area (Å²) in [6, 6.07) is 0. The number of ketones is 1. The molecule has 0 amide bonds. The maximum absolute atomic E-state index is 11.7.